The van der Waals surface area contributed by atoms with E-state index in [1.165, 1.54) is 18.3 Å². The Labute approximate surface area is 839 Å². The number of rotatable bonds is 17. The van der Waals surface area contributed by atoms with E-state index in [4.69, 9.17) is 74.2 Å². The number of alkyl halides is 3. The van der Waals surface area contributed by atoms with Crippen molar-refractivity contribution in [3.8, 4) is 84.6 Å². The number of carbonyl (C=O) groups excluding carboxylic acids is 1. The monoisotopic (exact) mass is 2160 g/mol. The maximum Gasteiger partial charge on any atom is 0.416 e. The summed E-state index contributed by atoms with van der Waals surface area (Å²) in [6.45, 7) is 0.569. The Kier molecular flexibility index (Phi) is 32.4. The minimum absolute atomic E-state index is 0.0802. The number of pyridine rings is 3. The number of nitrogens with zero attached hydrogens (tertiary/aromatic N) is 18. The minimum atomic E-state index is -4.38. The van der Waals surface area contributed by atoms with Crippen LogP contribution in [0.15, 0.2) is 294 Å². The standard InChI is InChI=1S/C17H15ClN2O2.C14H9BrF3N3O.C14H12BrN3O2.C14H12BrN3O.C14H12ClN3O.C13H9Cl2N3O.C13H10ClN3O/c1-11(22)8-12-2-7-16-19-17(15(10-21)20(16)9-12)13-3-5-14(18)6-4-13;15-11-6-21-10(7-22)13(20-12(21)5-19-11)8-1-3-9(4-2-8)14(16,17)18;1-20-10-4-2-3-9(5-10)14-11(8-19)18-7-12(15)16-6-13(18)17-14;2*15-10-3-1-9(2-4-10)14-12(8-19)18-7-11(16)5-6-13(18)17-14;14-9-3-1-8(2-4-9)13-10(7-19)18-12(16-13)6-5-11(15)17-18;14-10-3-1-9(2-4-10)13-11(8-18)17-6-5-15-7-12(17)16-13/h2-7,9,21H,8,10H2,1H3;1-6,22H,7H2;2-7,19H,8H2,1H3;2*1-7,19H,8,16H2;1-6,19H,7H2;1-7,18H,8H2. The van der Waals surface area contributed by atoms with Gasteiger partial charge in [0.15, 0.2) is 22.6 Å². The van der Waals surface area contributed by atoms with Crippen molar-refractivity contribution in [3.63, 3.8) is 0 Å². The number of nitrogens with two attached hydrogens (primary N) is 2. The van der Waals surface area contributed by atoms with Crippen LogP contribution in [0.5, 0.6) is 5.75 Å². The predicted octanol–water partition coefficient (Wildman–Crippen LogP) is 20.9. The number of anilines is 2. The summed E-state index contributed by atoms with van der Waals surface area (Å²) in [5.41, 5.74) is 33.3. The molecule has 0 amide bonds. The zero-order chi connectivity index (χ0) is 98.5. The van der Waals surface area contributed by atoms with E-state index in [9.17, 15) is 53.7 Å². The summed E-state index contributed by atoms with van der Waals surface area (Å²) < 4.78 is 57.6. The lowest BCUT2D eigenvalue weighted by Crippen LogP contribution is -2.04. The van der Waals surface area contributed by atoms with Crippen LogP contribution in [0.4, 0.5) is 24.5 Å². The lowest BCUT2D eigenvalue weighted by atomic mass is 10.1. The van der Waals surface area contributed by atoms with Crippen molar-refractivity contribution in [3.05, 3.63) is 370 Å². The number of ether oxygens (including phenoxy) is 1. The molecule has 11 N–H and O–H groups in total. The zero-order valence-corrected chi connectivity index (χ0v) is 81.6. The van der Waals surface area contributed by atoms with E-state index in [0.717, 1.165) is 124 Å². The van der Waals surface area contributed by atoms with Crippen LogP contribution in [0.25, 0.3) is 118 Å². The molecule has 40 heteroatoms. The molecule has 0 unspecified atom stereocenters. The number of hydrogen-bond donors (Lipinski definition) is 9. The van der Waals surface area contributed by atoms with Crippen LogP contribution in [-0.4, -0.2) is 134 Å². The molecule has 14 heterocycles. The van der Waals surface area contributed by atoms with Crippen molar-refractivity contribution < 1.29 is 58.4 Å². The molecule has 7 aromatic carbocycles. The van der Waals surface area contributed by atoms with Gasteiger partial charge in [0.1, 0.15) is 42.8 Å². The Bertz CT molecular complexity index is 7650. The predicted molar refractivity (Wildman–Crippen MR) is 540 cm³/mol. The fourth-order valence-electron chi connectivity index (χ4n) is 14.9. The van der Waals surface area contributed by atoms with Crippen molar-refractivity contribution in [1.29, 1.82) is 0 Å². The van der Waals surface area contributed by atoms with E-state index in [-0.39, 0.29) is 52.0 Å². The van der Waals surface area contributed by atoms with Crippen LogP contribution in [0.2, 0.25) is 25.2 Å². The molecular formula is C99H79Br3Cl5F3N20O9. The summed E-state index contributed by atoms with van der Waals surface area (Å²) in [6.07, 6.45) is 13.1. The fourth-order valence-corrected chi connectivity index (χ4v) is 16.4. The van der Waals surface area contributed by atoms with Crippen molar-refractivity contribution in [2.75, 3.05) is 18.6 Å². The highest BCUT2D eigenvalue weighted by Gasteiger charge is 2.31. The number of Topliss-reactive ketones (excluding diaryl/α,β-unsaturated/α-hetero) is 1. The third kappa shape index (κ3) is 23.3. The van der Waals surface area contributed by atoms with Crippen molar-refractivity contribution in [2.24, 2.45) is 0 Å². The average Bonchev–Trinajstić information content (AvgIpc) is 1.63. The molecule has 0 saturated heterocycles. The Morgan fingerprint density at radius 3 is 1.12 bits per heavy atom. The van der Waals surface area contributed by atoms with Gasteiger partial charge < -0.3 is 56.4 Å². The second kappa shape index (κ2) is 45.0. The van der Waals surface area contributed by atoms with E-state index in [0.29, 0.717) is 115 Å². The molecule has 29 nitrogen and oxygen atoms in total. The maximum atomic E-state index is 12.6. The number of carbonyl (C=O) groups is 1. The molecule has 0 fully saturated rings. The van der Waals surface area contributed by atoms with Crippen LogP contribution in [0.1, 0.15) is 57.9 Å². The molecule has 0 aliphatic heterocycles. The summed E-state index contributed by atoms with van der Waals surface area (Å²) >= 11 is 39.3. The molecule has 14 aromatic heterocycles. The molecule has 0 aliphatic rings. The normalized spacial score (nSPS) is 11.2. The number of hydrogen-bond acceptors (Lipinski definition) is 22. The first-order valence-electron chi connectivity index (χ1n) is 41.9. The molecule has 21 rings (SSSR count). The number of nitrogen functional groups attached to an aromatic ring is 2. The molecule has 21 aromatic rings. The molecule has 0 atom stereocenters. The third-order valence-electron chi connectivity index (χ3n) is 21.4. The van der Waals surface area contributed by atoms with Crippen LogP contribution in [-0.2, 0) is 63.6 Å². The third-order valence-corrected chi connectivity index (χ3v) is 24.0. The Balaban J connectivity index is 0.000000123. The van der Waals surface area contributed by atoms with Gasteiger partial charge in [0.2, 0.25) is 0 Å². The lowest BCUT2D eigenvalue weighted by Gasteiger charge is -2.07. The summed E-state index contributed by atoms with van der Waals surface area (Å²) in [4.78, 5) is 55.0. The van der Waals surface area contributed by atoms with Crippen LogP contribution in [0, 0.1) is 0 Å². The van der Waals surface area contributed by atoms with Gasteiger partial charge in [-0.05, 0) is 172 Å². The van der Waals surface area contributed by atoms with E-state index in [1.807, 2.05) is 145 Å². The summed E-state index contributed by atoms with van der Waals surface area (Å²) in [5.74, 6) is 0.852. The molecule has 139 heavy (non-hydrogen) atoms. The number of aromatic nitrogens is 18. The Morgan fingerprint density at radius 2 is 0.719 bits per heavy atom. The van der Waals surface area contributed by atoms with E-state index >= 15 is 0 Å². The fraction of sp³-hybridized carbons (Fsp3) is 0.111. The van der Waals surface area contributed by atoms with E-state index in [1.54, 1.807) is 150 Å². The highest BCUT2D eigenvalue weighted by atomic mass is 79.9. The van der Waals surface area contributed by atoms with Gasteiger partial charge in [0, 0.05) is 125 Å². The second-order valence-electron chi connectivity index (χ2n) is 30.4. The first-order chi connectivity index (χ1) is 67.1. The quantitative estimate of drug-likeness (QED) is 0.0409. The number of imidazole rings is 7. The number of aliphatic hydroxyl groups is 7. The number of benzene rings is 7. The van der Waals surface area contributed by atoms with E-state index < -0.39 is 11.7 Å². The number of ketones is 1. The molecule has 0 bridgehead atoms. The molecule has 0 radical (unpaired) electrons. The minimum Gasteiger partial charge on any atom is -0.497 e. The van der Waals surface area contributed by atoms with Crippen molar-refractivity contribution in [2.45, 2.75) is 65.8 Å². The second-order valence-corrected chi connectivity index (χ2v) is 35.1. The van der Waals surface area contributed by atoms with Crippen LogP contribution >= 0.6 is 106 Å². The summed E-state index contributed by atoms with van der Waals surface area (Å²) in [6, 6.07) is 63.9. The number of fused-ring (bicyclic) bond motifs is 7. The molecule has 0 aliphatic carbocycles. The number of aliphatic hydroxyl groups excluding tert-OH is 7. The number of halogens is 11. The van der Waals surface area contributed by atoms with Gasteiger partial charge in [-0.2, -0.15) is 18.3 Å². The largest absolute Gasteiger partial charge is 0.497 e. The Hall–Kier alpha value is -13.4. The van der Waals surface area contributed by atoms with Crippen LogP contribution in [0.3, 0.4) is 0 Å². The molecule has 0 saturated carbocycles. The highest BCUT2D eigenvalue weighted by Crippen LogP contribution is 2.37. The topological polar surface area (TPSA) is 393 Å². The summed E-state index contributed by atoms with van der Waals surface area (Å²) in [5, 5.41) is 74.3. The Morgan fingerprint density at radius 1 is 0.381 bits per heavy atom. The first kappa shape index (κ1) is 100. The summed E-state index contributed by atoms with van der Waals surface area (Å²) in [7, 11) is 1.62. The zero-order valence-electron chi connectivity index (χ0n) is 73.0. The van der Waals surface area contributed by atoms with E-state index in [2.05, 4.69) is 103 Å². The smallest absolute Gasteiger partial charge is 0.416 e. The van der Waals surface area contributed by atoms with Crippen LogP contribution < -0.4 is 16.2 Å². The van der Waals surface area contributed by atoms with Gasteiger partial charge in [-0.3, -0.25) is 31.8 Å². The van der Waals surface area contributed by atoms with Gasteiger partial charge in [-0.1, -0.05) is 165 Å². The first-order valence-corrected chi connectivity index (χ1v) is 46.1. The average molecular weight is 2170 g/mol. The molecule has 706 valence electrons. The SMILES string of the molecule is CC(=O)Cc1ccc2nc(-c3ccc(Cl)cc3)c(CO)n2c1.COc1cccc(-c2nc3cnc(Br)cn3c2CO)c1.Nc1ccc2nc(-c3ccc(Br)cc3)c(CO)n2c1.Nc1ccc2nc(-c3ccc(Cl)cc3)c(CO)n2c1.OCc1c(-c2ccc(C(F)(F)F)cc2)nc2cnc(Br)cn12.OCc1c(-c2ccc(Cl)cc2)nc2ccc(Cl)nn12.OCc1c(-c2ccc(Cl)cc2)nc2cnccn12. The molecular weight excluding hydrogens is 2090 g/mol. The van der Waals surface area contributed by atoms with Gasteiger partial charge in [-0.15, -0.1) is 0 Å². The van der Waals surface area contributed by atoms with Gasteiger partial charge in [0.05, 0.1) is 157 Å². The van der Waals surface area contributed by atoms with Gasteiger partial charge in [0.25, 0.3) is 0 Å². The van der Waals surface area contributed by atoms with Crippen molar-refractivity contribution >= 4 is 162 Å². The van der Waals surface area contributed by atoms with Crippen molar-refractivity contribution in [1.82, 2.24) is 85.9 Å². The van der Waals surface area contributed by atoms with Gasteiger partial charge >= 0.3 is 6.18 Å². The number of methoxy groups -OCH3 is 1. The lowest BCUT2D eigenvalue weighted by molar-refractivity contribution is -0.137. The maximum absolute atomic E-state index is 12.6. The highest BCUT2D eigenvalue weighted by molar-refractivity contribution is 9.11. The molecule has 0 spiro atoms. The van der Waals surface area contributed by atoms with Gasteiger partial charge in [-0.25, -0.2) is 49.4 Å².